The zero-order valence-electron chi connectivity index (χ0n) is 9.37. The second kappa shape index (κ2) is 4.22. The van der Waals surface area contributed by atoms with Crippen LogP contribution in [-0.4, -0.2) is 23.6 Å². The van der Waals surface area contributed by atoms with Gasteiger partial charge in [-0.15, -0.1) is 0 Å². The van der Waals surface area contributed by atoms with Crippen molar-refractivity contribution in [2.24, 2.45) is 5.92 Å². The number of alkyl halides is 2. The molecule has 0 aromatic carbocycles. The number of fused-ring (bicyclic) bond motifs is 2. The van der Waals surface area contributed by atoms with E-state index in [1.807, 2.05) is 0 Å². The summed E-state index contributed by atoms with van der Waals surface area (Å²) in [7, 11) is 0. The molecule has 2 aliphatic rings. The summed E-state index contributed by atoms with van der Waals surface area (Å²) in [6.07, 6.45) is 1.16. The molecule has 3 nitrogen and oxygen atoms in total. The van der Waals surface area contributed by atoms with Crippen molar-refractivity contribution in [1.82, 2.24) is 10.3 Å². The molecule has 3 atom stereocenters. The Hall–Kier alpha value is -1.23. The third-order valence-corrected chi connectivity index (χ3v) is 3.70. The minimum atomic E-state index is -2.44. The van der Waals surface area contributed by atoms with Crippen LogP contribution in [0.2, 0.25) is 0 Å². The van der Waals surface area contributed by atoms with E-state index >= 15 is 0 Å². The summed E-state index contributed by atoms with van der Waals surface area (Å²) in [5.74, 6) is 1.45. The summed E-state index contributed by atoms with van der Waals surface area (Å²) < 4.78 is 24.7. The molecule has 2 fully saturated rings. The summed E-state index contributed by atoms with van der Waals surface area (Å²) in [5, 5.41) is 6.77. The average Bonchev–Trinajstić information content (AvgIpc) is 2.91. The van der Waals surface area contributed by atoms with Crippen molar-refractivity contribution in [2.45, 2.75) is 31.4 Å². The minimum Gasteiger partial charge on any atom is -0.366 e. The summed E-state index contributed by atoms with van der Waals surface area (Å²) >= 11 is 0. The van der Waals surface area contributed by atoms with Crippen molar-refractivity contribution in [1.29, 1.82) is 0 Å². The van der Waals surface area contributed by atoms with Gasteiger partial charge in [0.05, 0.1) is 0 Å². The largest absolute Gasteiger partial charge is 0.366 e. The second-order valence-corrected chi connectivity index (χ2v) is 4.88. The van der Waals surface area contributed by atoms with Crippen LogP contribution in [0.5, 0.6) is 0 Å². The van der Waals surface area contributed by atoms with Gasteiger partial charge in [-0.25, -0.2) is 13.8 Å². The molecule has 17 heavy (non-hydrogen) atoms. The third-order valence-electron chi connectivity index (χ3n) is 3.70. The quantitative estimate of drug-likeness (QED) is 0.849. The molecule has 92 valence electrons. The van der Waals surface area contributed by atoms with Gasteiger partial charge < -0.3 is 10.6 Å². The predicted molar refractivity (Wildman–Crippen MR) is 61.1 cm³/mol. The van der Waals surface area contributed by atoms with Crippen LogP contribution in [0.25, 0.3) is 0 Å². The molecule has 0 amide bonds. The fourth-order valence-corrected chi connectivity index (χ4v) is 2.82. The van der Waals surface area contributed by atoms with E-state index < -0.39 is 6.43 Å². The van der Waals surface area contributed by atoms with Crippen molar-refractivity contribution in [3.63, 3.8) is 0 Å². The summed E-state index contributed by atoms with van der Waals surface area (Å²) in [6.45, 7) is 1.11. The molecule has 3 rings (SSSR count). The van der Waals surface area contributed by atoms with Gasteiger partial charge in [-0.3, -0.25) is 0 Å². The maximum atomic E-state index is 12.4. The van der Waals surface area contributed by atoms with Crippen LogP contribution in [0, 0.1) is 5.92 Å². The van der Waals surface area contributed by atoms with Gasteiger partial charge in [-0.05, 0) is 37.4 Å². The number of hydrogen-bond acceptors (Lipinski definition) is 3. The standard InChI is InChI=1S/C12H15F2N3/c13-12(14)8-1-2-11(16-6-8)17-10-4-7-3-9(10)15-5-7/h1-2,6-7,9-10,12,15H,3-5H2,(H,16,17)/t7-,9-,10+/m0/s1. The highest BCUT2D eigenvalue weighted by Crippen LogP contribution is 2.32. The highest BCUT2D eigenvalue weighted by molar-refractivity contribution is 5.38. The van der Waals surface area contributed by atoms with Crippen LogP contribution in [0.4, 0.5) is 14.6 Å². The normalized spacial score (nSPS) is 31.1. The van der Waals surface area contributed by atoms with Crippen LogP contribution in [0.15, 0.2) is 18.3 Å². The maximum absolute atomic E-state index is 12.4. The summed E-state index contributed by atoms with van der Waals surface area (Å²) in [6, 6.07) is 3.96. The lowest BCUT2D eigenvalue weighted by Gasteiger charge is -2.24. The molecular formula is C12H15F2N3. The Morgan fingerprint density at radius 3 is 2.76 bits per heavy atom. The molecule has 1 saturated heterocycles. The number of nitrogens with zero attached hydrogens (tertiary/aromatic N) is 1. The van der Waals surface area contributed by atoms with Crippen LogP contribution >= 0.6 is 0 Å². The number of anilines is 1. The van der Waals surface area contributed by atoms with Gasteiger partial charge in [0.1, 0.15) is 5.82 Å². The first-order valence-electron chi connectivity index (χ1n) is 5.96. The number of halogens is 2. The van der Waals surface area contributed by atoms with Gasteiger partial charge in [0.2, 0.25) is 0 Å². The molecule has 2 heterocycles. The number of hydrogen-bond donors (Lipinski definition) is 2. The van der Waals surface area contributed by atoms with Crippen molar-refractivity contribution in [3.8, 4) is 0 Å². The molecule has 0 radical (unpaired) electrons. The SMILES string of the molecule is FC(F)c1ccc(N[C@@H]2C[C@H]3CN[C@H]2C3)nc1. The Labute approximate surface area is 98.6 Å². The number of aromatic nitrogens is 1. The van der Waals surface area contributed by atoms with Crippen molar-refractivity contribution < 1.29 is 8.78 Å². The van der Waals surface area contributed by atoms with E-state index in [4.69, 9.17) is 0 Å². The van der Waals surface area contributed by atoms with Crippen LogP contribution in [0.1, 0.15) is 24.8 Å². The Morgan fingerprint density at radius 1 is 1.35 bits per heavy atom. The highest BCUT2D eigenvalue weighted by Gasteiger charge is 2.39. The molecule has 2 bridgehead atoms. The Morgan fingerprint density at radius 2 is 2.24 bits per heavy atom. The summed E-state index contributed by atoms with van der Waals surface area (Å²) in [4.78, 5) is 4.03. The van der Waals surface area contributed by atoms with Crippen molar-refractivity contribution >= 4 is 5.82 Å². The molecule has 1 aromatic rings. The monoisotopic (exact) mass is 239 g/mol. The molecule has 0 spiro atoms. The van der Waals surface area contributed by atoms with E-state index in [1.165, 1.54) is 18.7 Å². The fourth-order valence-electron chi connectivity index (χ4n) is 2.82. The number of pyridine rings is 1. The molecule has 0 unspecified atom stereocenters. The van der Waals surface area contributed by atoms with E-state index in [1.54, 1.807) is 6.07 Å². The molecule has 1 saturated carbocycles. The molecule has 1 aromatic heterocycles. The fraction of sp³-hybridized carbons (Fsp3) is 0.583. The first kappa shape index (κ1) is 10.9. The van der Waals surface area contributed by atoms with Crippen LogP contribution < -0.4 is 10.6 Å². The van der Waals surface area contributed by atoms with Crippen LogP contribution in [0.3, 0.4) is 0 Å². The smallest absolute Gasteiger partial charge is 0.265 e. The van der Waals surface area contributed by atoms with Gasteiger partial charge >= 0.3 is 0 Å². The van der Waals surface area contributed by atoms with E-state index in [9.17, 15) is 8.78 Å². The van der Waals surface area contributed by atoms with E-state index in [2.05, 4.69) is 15.6 Å². The molecule has 2 N–H and O–H groups in total. The number of piperidine rings is 1. The van der Waals surface area contributed by atoms with E-state index in [-0.39, 0.29) is 5.56 Å². The lowest BCUT2D eigenvalue weighted by atomic mass is 10.1. The van der Waals surface area contributed by atoms with E-state index in [0.29, 0.717) is 17.9 Å². The second-order valence-electron chi connectivity index (χ2n) is 4.88. The summed E-state index contributed by atoms with van der Waals surface area (Å²) in [5.41, 5.74) is -0.0263. The maximum Gasteiger partial charge on any atom is 0.265 e. The van der Waals surface area contributed by atoms with Gasteiger partial charge in [-0.2, -0.15) is 0 Å². The Kier molecular flexibility index (Phi) is 2.70. The zero-order valence-corrected chi connectivity index (χ0v) is 9.37. The van der Waals surface area contributed by atoms with Gasteiger partial charge in [0.25, 0.3) is 6.43 Å². The highest BCUT2D eigenvalue weighted by atomic mass is 19.3. The van der Waals surface area contributed by atoms with Gasteiger partial charge in [0, 0.05) is 23.8 Å². The molecule has 5 heteroatoms. The first-order valence-corrected chi connectivity index (χ1v) is 5.96. The Bertz CT molecular complexity index is 393. The lowest BCUT2D eigenvalue weighted by molar-refractivity contribution is 0.151. The topological polar surface area (TPSA) is 37.0 Å². The molecular weight excluding hydrogens is 224 g/mol. The minimum absolute atomic E-state index is 0.0263. The van der Waals surface area contributed by atoms with Gasteiger partial charge in [-0.1, -0.05) is 0 Å². The van der Waals surface area contributed by atoms with E-state index in [0.717, 1.165) is 18.9 Å². The number of nitrogens with one attached hydrogen (secondary N) is 2. The van der Waals surface area contributed by atoms with Crippen LogP contribution in [-0.2, 0) is 0 Å². The Balaban J connectivity index is 1.65. The predicted octanol–water partition coefficient (Wildman–Crippen LogP) is 2.18. The molecule has 1 aliphatic heterocycles. The van der Waals surface area contributed by atoms with Gasteiger partial charge in [0.15, 0.2) is 0 Å². The zero-order chi connectivity index (χ0) is 11.8. The average molecular weight is 239 g/mol. The first-order chi connectivity index (χ1) is 8.22. The lowest BCUT2D eigenvalue weighted by Crippen LogP contribution is -2.41. The third kappa shape index (κ3) is 2.11. The molecule has 1 aliphatic carbocycles. The number of rotatable bonds is 3. The van der Waals surface area contributed by atoms with Crippen molar-refractivity contribution in [3.05, 3.63) is 23.9 Å². The van der Waals surface area contributed by atoms with Crippen molar-refractivity contribution in [2.75, 3.05) is 11.9 Å².